The number of hydrazone groups is 1. The van der Waals surface area contributed by atoms with Crippen LogP contribution in [0.4, 0.5) is 10.1 Å². The lowest BCUT2D eigenvalue weighted by Gasteiger charge is -2.35. The van der Waals surface area contributed by atoms with Crippen LogP contribution in [-0.2, 0) is 0 Å². The number of amides is 1. The van der Waals surface area contributed by atoms with Crippen LogP contribution in [0.15, 0.2) is 41.6 Å². The zero-order valence-electron chi connectivity index (χ0n) is 15.1. The summed E-state index contributed by atoms with van der Waals surface area (Å²) in [6.07, 6.45) is 1.67. The van der Waals surface area contributed by atoms with E-state index in [4.69, 9.17) is 0 Å². The topological polar surface area (TPSA) is 63.7 Å². The van der Waals surface area contributed by atoms with Crippen molar-refractivity contribution in [1.82, 2.24) is 15.3 Å². The first kappa shape index (κ1) is 18.1. The maximum absolute atomic E-state index is 14.6. The monoisotopic (exact) mass is 357 g/mol. The third-order valence-electron chi connectivity index (χ3n) is 4.69. The van der Waals surface area contributed by atoms with Crippen LogP contribution < -0.4 is 10.3 Å². The molecule has 0 atom stereocenters. The van der Waals surface area contributed by atoms with Crippen LogP contribution >= 0.6 is 0 Å². The van der Waals surface area contributed by atoms with E-state index in [-0.39, 0.29) is 11.7 Å². The van der Waals surface area contributed by atoms with Crippen molar-refractivity contribution in [2.75, 3.05) is 37.6 Å². The highest BCUT2D eigenvalue weighted by molar-refractivity contribution is 6.00. The van der Waals surface area contributed by atoms with Gasteiger partial charge in [-0.05, 0) is 37.7 Å². The summed E-state index contributed by atoms with van der Waals surface area (Å²) in [5.74, 6) is -0.599. The Balaban J connectivity index is 1.66. The van der Waals surface area contributed by atoms with Crippen LogP contribution in [0.5, 0.6) is 0 Å². The molecule has 138 valence electrons. The summed E-state index contributed by atoms with van der Waals surface area (Å²) < 4.78 is 14.6. The number of hydrogen-bond acceptors (Lipinski definition) is 4. The SMILES string of the molecule is CCN1CCN(c2ccc(/C(C)=N\NC(=O)c3ccc[nH]3)cc2F)CC1. The molecule has 7 heteroatoms. The van der Waals surface area contributed by atoms with Crippen molar-refractivity contribution in [3.8, 4) is 0 Å². The molecule has 2 aromatic rings. The number of aromatic amines is 1. The van der Waals surface area contributed by atoms with Crippen LogP contribution in [0, 0.1) is 5.82 Å². The third-order valence-corrected chi connectivity index (χ3v) is 4.69. The van der Waals surface area contributed by atoms with Crippen LogP contribution in [0.25, 0.3) is 0 Å². The Morgan fingerprint density at radius 1 is 1.27 bits per heavy atom. The molecular weight excluding hydrogens is 333 g/mol. The molecule has 0 radical (unpaired) electrons. The zero-order chi connectivity index (χ0) is 18.5. The molecular formula is C19H24FN5O. The van der Waals surface area contributed by atoms with Crippen molar-refractivity contribution in [3.63, 3.8) is 0 Å². The van der Waals surface area contributed by atoms with E-state index in [1.165, 1.54) is 6.07 Å². The van der Waals surface area contributed by atoms with Gasteiger partial charge < -0.3 is 14.8 Å². The van der Waals surface area contributed by atoms with E-state index in [9.17, 15) is 9.18 Å². The number of hydrogen-bond donors (Lipinski definition) is 2. The smallest absolute Gasteiger partial charge is 0.287 e. The van der Waals surface area contributed by atoms with Gasteiger partial charge in [0.2, 0.25) is 0 Å². The predicted molar refractivity (Wildman–Crippen MR) is 101 cm³/mol. The van der Waals surface area contributed by atoms with Gasteiger partial charge in [-0.3, -0.25) is 4.79 Å². The Bertz CT molecular complexity index is 779. The highest BCUT2D eigenvalue weighted by atomic mass is 19.1. The minimum absolute atomic E-state index is 0.266. The lowest BCUT2D eigenvalue weighted by Crippen LogP contribution is -2.46. The van der Waals surface area contributed by atoms with Gasteiger partial charge in [0.25, 0.3) is 5.91 Å². The molecule has 1 aliphatic heterocycles. The number of halogens is 1. The van der Waals surface area contributed by atoms with Gasteiger partial charge in [-0.1, -0.05) is 13.0 Å². The highest BCUT2D eigenvalue weighted by Crippen LogP contribution is 2.22. The predicted octanol–water partition coefficient (Wildman–Crippen LogP) is 2.45. The summed E-state index contributed by atoms with van der Waals surface area (Å²) in [4.78, 5) is 19.1. The van der Waals surface area contributed by atoms with E-state index < -0.39 is 0 Å². The van der Waals surface area contributed by atoms with Gasteiger partial charge in [0.05, 0.1) is 11.4 Å². The summed E-state index contributed by atoms with van der Waals surface area (Å²) in [6, 6.07) is 8.50. The second-order valence-corrected chi connectivity index (χ2v) is 6.31. The molecule has 3 rings (SSSR count). The second-order valence-electron chi connectivity index (χ2n) is 6.31. The lowest BCUT2D eigenvalue weighted by atomic mass is 10.1. The first-order valence-electron chi connectivity index (χ1n) is 8.83. The van der Waals surface area contributed by atoms with Crippen molar-refractivity contribution in [2.45, 2.75) is 13.8 Å². The van der Waals surface area contributed by atoms with Gasteiger partial charge in [-0.25, -0.2) is 9.82 Å². The van der Waals surface area contributed by atoms with Gasteiger partial charge in [-0.2, -0.15) is 5.10 Å². The minimum atomic E-state index is -0.333. The van der Waals surface area contributed by atoms with Crippen molar-refractivity contribution in [2.24, 2.45) is 5.10 Å². The first-order valence-corrected chi connectivity index (χ1v) is 8.83. The molecule has 1 fully saturated rings. The number of benzene rings is 1. The van der Waals surface area contributed by atoms with Crippen molar-refractivity contribution in [3.05, 3.63) is 53.6 Å². The summed E-state index contributed by atoms with van der Waals surface area (Å²) >= 11 is 0. The molecule has 0 bridgehead atoms. The van der Waals surface area contributed by atoms with E-state index >= 15 is 0 Å². The van der Waals surface area contributed by atoms with Crippen LogP contribution in [-0.4, -0.2) is 54.2 Å². The Hall–Kier alpha value is -2.67. The fourth-order valence-corrected chi connectivity index (χ4v) is 3.02. The number of likely N-dealkylation sites (N-methyl/N-ethyl adjacent to an activating group) is 1. The molecule has 0 saturated carbocycles. The van der Waals surface area contributed by atoms with E-state index in [1.54, 1.807) is 31.3 Å². The van der Waals surface area contributed by atoms with Crippen molar-refractivity contribution in [1.29, 1.82) is 0 Å². The van der Waals surface area contributed by atoms with Crippen LogP contribution in [0.2, 0.25) is 0 Å². The number of nitrogens with one attached hydrogen (secondary N) is 2. The molecule has 26 heavy (non-hydrogen) atoms. The third kappa shape index (κ3) is 4.11. The van der Waals surface area contributed by atoms with E-state index in [0.717, 1.165) is 32.7 Å². The fourth-order valence-electron chi connectivity index (χ4n) is 3.02. The number of piperazine rings is 1. The molecule has 6 nitrogen and oxygen atoms in total. The average molecular weight is 357 g/mol. The molecule has 1 aliphatic rings. The number of rotatable bonds is 5. The normalized spacial score (nSPS) is 16.0. The number of H-pyrrole nitrogens is 1. The van der Waals surface area contributed by atoms with E-state index in [1.807, 2.05) is 6.07 Å². The van der Waals surface area contributed by atoms with Crippen molar-refractivity contribution < 1.29 is 9.18 Å². The van der Waals surface area contributed by atoms with Crippen molar-refractivity contribution >= 4 is 17.3 Å². The standard InChI is InChI=1S/C19H24FN5O/c1-3-24-9-11-25(12-10-24)18-7-6-15(13-16(18)20)14(2)22-23-19(26)17-5-4-8-21-17/h4-8,13,21H,3,9-12H2,1-2H3,(H,23,26)/b22-14-. The van der Waals surface area contributed by atoms with Gasteiger partial charge in [0.15, 0.2) is 0 Å². The fraction of sp³-hybridized carbons (Fsp3) is 0.368. The lowest BCUT2D eigenvalue weighted by molar-refractivity contribution is 0.0950. The average Bonchev–Trinajstić information content (AvgIpc) is 3.21. The molecule has 1 saturated heterocycles. The second kappa shape index (κ2) is 8.14. The maximum atomic E-state index is 14.6. The van der Waals surface area contributed by atoms with Gasteiger partial charge in [-0.15, -0.1) is 0 Å². The molecule has 0 aliphatic carbocycles. The largest absolute Gasteiger partial charge is 0.367 e. The maximum Gasteiger partial charge on any atom is 0.287 e. The number of carbonyl (C=O) groups is 1. The Morgan fingerprint density at radius 2 is 2.04 bits per heavy atom. The molecule has 1 aromatic carbocycles. The molecule has 0 spiro atoms. The van der Waals surface area contributed by atoms with Gasteiger partial charge >= 0.3 is 0 Å². The highest BCUT2D eigenvalue weighted by Gasteiger charge is 2.19. The van der Waals surface area contributed by atoms with E-state index in [2.05, 4.69) is 32.2 Å². The molecule has 1 aromatic heterocycles. The Morgan fingerprint density at radius 3 is 2.65 bits per heavy atom. The zero-order valence-corrected chi connectivity index (χ0v) is 15.1. The molecule has 1 amide bonds. The minimum Gasteiger partial charge on any atom is -0.367 e. The summed E-state index contributed by atoms with van der Waals surface area (Å²) in [5.41, 5.74) is 4.71. The Labute approximate surface area is 152 Å². The number of aromatic nitrogens is 1. The molecule has 0 unspecified atom stereocenters. The molecule has 2 N–H and O–H groups in total. The quantitative estimate of drug-likeness (QED) is 0.638. The van der Waals surface area contributed by atoms with Crippen LogP contribution in [0.1, 0.15) is 29.9 Å². The summed E-state index contributed by atoms with van der Waals surface area (Å²) in [7, 11) is 0. The Kier molecular flexibility index (Phi) is 5.68. The van der Waals surface area contributed by atoms with Gasteiger partial charge in [0, 0.05) is 37.9 Å². The number of anilines is 1. The number of nitrogens with zero attached hydrogens (tertiary/aromatic N) is 3. The first-order chi connectivity index (χ1) is 12.6. The summed E-state index contributed by atoms with van der Waals surface area (Å²) in [6.45, 7) is 8.45. The van der Waals surface area contributed by atoms with E-state index in [0.29, 0.717) is 22.7 Å². The molecule has 2 heterocycles. The summed E-state index contributed by atoms with van der Waals surface area (Å²) in [5, 5.41) is 4.06. The van der Waals surface area contributed by atoms with Crippen LogP contribution in [0.3, 0.4) is 0 Å². The van der Waals surface area contributed by atoms with Gasteiger partial charge in [0.1, 0.15) is 11.5 Å². The number of carbonyl (C=O) groups excluding carboxylic acids is 1.